The van der Waals surface area contributed by atoms with Crippen LogP contribution in [0.5, 0.6) is 5.75 Å². The van der Waals surface area contributed by atoms with Crippen LogP contribution in [0, 0.1) is 0 Å². The maximum absolute atomic E-state index is 5.78. The molecule has 0 spiro atoms. The average molecular weight is 286 g/mol. The average Bonchev–Trinajstić information content (AvgIpc) is 2.44. The van der Waals surface area contributed by atoms with E-state index in [1.807, 2.05) is 20.2 Å². The molecule has 0 saturated heterocycles. The van der Waals surface area contributed by atoms with Crippen LogP contribution in [0.1, 0.15) is 0 Å². The summed E-state index contributed by atoms with van der Waals surface area (Å²) in [6, 6.07) is 14.6. The Morgan fingerprint density at radius 3 is 2.70 bits per heavy atom. The van der Waals surface area contributed by atoms with Crippen molar-refractivity contribution in [3.05, 3.63) is 42.5 Å². The molecule has 0 aliphatic carbocycles. The first-order valence-electron chi connectivity index (χ1n) is 6.68. The maximum Gasteiger partial charge on any atom is 0.121 e. The molecule has 0 atom stereocenters. The van der Waals surface area contributed by atoms with Crippen molar-refractivity contribution in [2.24, 2.45) is 0 Å². The van der Waals surface area contributed by atoms with Gasteiger partial charge in [0.15, 0.2) is 0 Å². The van der Waals surface area contributed by atoms with Crippen molar-refractivity contribution < 1.29 is 4.74 Å². The molecule has 2 aromatic rings. The number of benzene rings is 2. The van der Waals surface area contributed by atoms with Gasteiger partial charge >= 0.3 is 0 Å². The normalized spacial score (nSPS) is 12.6. The molecule has 0 saturated carbocycles. The minimum atomic E-state index is 0.704. The monoisotopic (exact) mass is 286 g/mol. The van der Waals surface area contributed by atoms with Crippen LogP contribution < -0.4 is 10.1 Å². The second-order valence-electron chi connectivity index (χ2n) is 5.03. The van der Waals surface area contributed by atoms with Gasteiger partial charge in [0.2, 0.25) is 0 Å². The number of hydrogen-bond donors (Lipinski definition) is 1. The van der Waals surface area contributed by atoms with Gasteiger partial charge in [0.25, 0.3) is 0 Å². The molecule has 1 heterocycles. The van der Waals surface area contributed by atoms with E-state index in [-0.39, 0.29) is 0 Å². The molecule has 104 valence electrons. The van der Waals surface area contributed by atoms with E-state index in [1.54, 1.807) is 11.8 Å². The number of fused-ring (bicyclic) bond motifs is 2. The Morgan fingerprint density at radius 2 is 1.85 bits per heavy atom. The first kappa shape index (κ1) is 13.3. The number of hydrogen-bond acceptors (Lipinski definition) is 4. The van der Waals surface area contributed by atoms with Gasteiger partial charge in [-0.1, -0.05) is 23.9 Å². The Morgan fingerprint density at radius 1 is 1.05 bits per heavy atom. The number of nitrogens with zero attached hydrogens (tertiary/aromatic N) is 1. The minimum Gasteiger partial charge on any atom is -0.492 e. The molecule has 1 N–H and O–H groups in total. The molecule has 0 radical (unpaired) electrons. The topological polar surface area (TPSA) is 24.5 Å². The highest BCUT2D eigenvalue weighted by Gasteiger charge is 2.15. The lowest BCUT2D eigenvalue weighted by molar-refractivity contribution is 0.261. The van der Waals surface area contributed by atoms with Crippen LogP contribution in [-0.4, -0.2) is 32.1 Å². The summed E-state index contributed by atoms with van der Waals surface area (Å²) in [4.78, 5) is 4.62. The van der Waals surface area contributed by atoms with Crippen LogP contribution in [0.2, 0.25) is 0 Å². The zero-order chi connectivity index (χ0) is 13.9. The summed E-state index contributed by atoms with van der Waals surface area (Å²) >= 11 is 1.79. The predicted molar refractivity (Wildman–Crippen MR) is 84.3 cm³/mol. The van der Waals surface area contributed by atoms with E-state index < -0.39 is 0 Å². The van der Waals surface area contributed by atoms with Gasteiger partial charge in [-0.3, -0.25) is 0 Å². The third-order valence-electron chi connectivity index (χ3n) is 3.13. The van der Waals surface area contributed by atoms with Gasteiger partial charge < -0.3 is 15.0 Å². The Balaban J connectivity index is 1.74. The quantitative estimate of drug-likeness (QED) is 0.787. The summed E-state index contributed by atoms with van der Waals surface area (Å²) in [5.41, 5.74) is 2.28. The fourth-order valence-electron chi connectivity index (χ4n) is 2.05. The Kier molecular flexibility index (Phi) is 3.85. The van der Waals surface area contributed by atoms with Gasteiger partial charge in [0.05, 0.1) is 11.4 Å². The summed E-state index contributed by atoms with van der Waals surface area (Å²) in [5.74, 6) is 0.915. The van der Waals surface area contributed by atoms with Crippen molar-refractivity contribution in [3.8, 4) is 5.75 Å². The van der Waals surface area contributed by atoms with E-state index in [0.717, 1.165) is 23.7 Å². The second-order valence-corrected chi connectivity index (χ2v) is 6.12. The van der Waals surface area contributed by atoms with Crippen LogP contribution in [0.4, 0.5) is 11.4 Å². The number of ether oxygens (including phenoxy) is 1. The number of rotatable bonds is 4. The first-order valence-corrected chi connectivity index (χ1v) is 7.49. The highest BCUT2D eigenvalue weighted by atomic mass is 32.2. The summed E-state index contributed by atoms with van der Waals surface area (Å²) < 4.78 is 5.78. The van der Waals surface area contributed by atoms with E-state index in [2.05, 4.69) is 46.6 Å². The number of anilines is 2. The lowest BCUT2D eigenvalue weighted by Crippen LogP contribution is -2.19. The minimum absolute atomic E-state index is 0.704. The van der Waals surface area contributed by atoms with Gasteiger partial charge in [-0.25, -0.2) is 0 Å². The molecule has 4 heteroatoms. The molecule has 0 aromatic heterocycles. The number of likely N-dealkylation sites (N-methyl/N-ethyl adjacent to an activating group) is 1. The molecule has 0 fully saturated rings. The van der Waals surface area contributed by atoms with Crippen molar-refractivity contribution in [2.45, 2.75) is 9.79 Å². The van der Waals surface area contributed by atoms with Crippen LogP contribution in [0.15, 0.2) is 52.3 Å². The summed E-state index contributed by atoms with van der Waals surface area (Å²) in [5, 5.41) is 3.47. The predicted octanol–water partition coefficient (Wildman–Crippen LogP) is 3.84. The Hall–Kier alpha value is -1.65. The molecule has 1 aliphatic heterocycles. The Bertz CT molecular complexity index is 613. The first-order chi connectivity index (χ1) is 9.72. The maximum atomic E-state index is 5.78. The number of para-hydroxylation sites is 1. The van der Waals surface area contributed by atoms with E-state index in [4.69, 9.17) is 4.74 Å². The summed E-state index contributed by atoms with van der Waals surface area (Å²) in [6.45, 7) is 1.62. The van der Waals surface area contributed by atoms with Crippen molar-refractivity contribution in [2.75, 3.05) is 32.6 Å². The van der Waals surface area contributed by atoms with Crippen molar-refractivity contribution >= 4 is 23.1 Å². The molecule has 20 heavy (non-hydrogen) atoms. The van der Waals surface area contributed by atoms with Crippen LogP contribution in [0.3, 0.4) is 0 Å². The molecule has 0 bridgehead atoms. The highest BCUT2D eigenvalue weighted by Crippen LogP contribution is 2.44. The summed E-state index contributed by atoms with van der Waals surface area (Å²) in [6.07, 6.45) is 0. The third kappa shape index (κ3) is 2.92. The SMILES string of the molecule is CN(C)CCOc1ccc2c(c1)Nc1ccccc1S2. The van der Waals surface area contributed by atoms with Crippen molar-refractivity contribution in [1.82, 2.24) is 4.90 Å². The highest BCUT2D eigenvalue weighted by molar-refractivity contribution is 7.99. The second kappa shape index (κ2) is 5.77. The van der Waals surface area contributed by atoms with Crippen molar-refractivity contribution in [1.29, 1.82) is 0 Å². The Labute approximate surface area is 123 Å². The van der Waals surface area contributed by atoms with Gasteiger partial charge in [-0.05, 0) is 38.4 Å². The fourth-order valence-corrected chi connectivity index (χ4v) is 3.02. The fraction of sp³-hybridized carbons (Fsp3) is 0.250. The van der Waals surface area contributed by atoms with Crippen LogP contribution in [-0.2, 0) is 0 Å². The van der Waals surface area contributed by atoms with E-state index >= 15 is 0 Å². The van der Waals surface area contributed by atoms with Gasteiger partial charge in [-0.2, -0.15) is 0 Å². The van der Waals surface area contributed by atoms with Crippen LogP contribution in [0.25, 0.3) is 0 Å². The lowest BCUT2D eigenvalue weighted by Gasteiger charge is -2.21. The molecule has 3 nitrogen and oxygen atoms in total. The van der Waals surface area contributed by atoms with E-state index in [0.29, 0.717) is 6.61 Å². The molecule has 0 amide bonds. The molecule has 0 unspecified atom stereocenters. The zero-order valence-electron chi connectivity index (χ0n) is 11.7. The number of nitrogens with one attached hydrogen (secondary N) is 1. The lowest BCUT2D eigenvalue weighted by atomic mass is 10.2. The molecular formula is C16H18N2OS. The van der Waals surface area contributed by atoms with E-state index in [1.165, 1.54) is 9.79 Å². The van der Waals surface area contributed by atoms with Gasteiger partial charge in [-0.15, -0.1) is 0 Å². The van der Waals surface area contributed by atoms with Crippen LogP contribution >= 0.6 is 11.8 Å². The smallest absolute Gasteiger partial charge is 0.121 e. The van der Waals surface area contributed by atoms with Crippen molar-refractivity contribution in [3.63, 3.8) is 0 Å². The third-order valence-corrected chi connectivity index (χ3v) is 4.29. The van der Waals surface area contributed by atoms with Gasteiger partial charge in [0.1, 0.15) is 12.4 Å². The zero-order valence-corrected chi connectivity index (χ0v) is 12.5. The molecule has 2 aromatic carbocycles. The molecule has 3 rings (SSSR count). The molecular weight excluding hydrogens is 268 g/mol. The molecule has 1 aliphatic rings. The largest absolute Gasteiger partial charge is 0.492 e. The van der Waals surface area contributed by atoms with E-state index in [9.17, 15) is 0 Å². The summed E-state index contributed by atoms with van der Waals surface area (Å²) in [7, 11) is 4.09. The standard InChI is InChI=1S/C16H18N2OS/c1-18(2)9-10-19-12-7-8-16-14(11-12)17-13-5-3-4-6-15(13)20-16/h3-8,11,17H,9-10H2,1-2H3. The van der Waals surface area contributed by atoms with Gasteiger partial charge in [0, 0.05) is 22.4 Å².